The maximum absolute atomic E-state index is 13.1. The molecule has 4 fully saturated rings. The van der Waals surface area contributed by atoms with Gasteiger partial charge in [0.25, 0.3) is 0 Å². The molecule has 0 aliphatic heterocycles. The standard InChI is InChI=1S/C19H28F2O9S/c20-19(21,31-30-29-24)17(23)28-6-4-26-2-1-25-3-5-27-16(22)18-10-13-7-14(11-18)9-15(8-13)12-18/h13-15,24H,1-12H2/p-1. The molecule has 9 nitrogen and oxygen atoms in total. The fraction of sp³-hybridized carbons (Fsp3) is 0.895. The predicted molar refractivity (Wildman–Crippen MR) is 98.9 cm³/mol. The van der Waals surface area contributed by atoms with Crippen molar-refractivity contribution in [1.82, 2.24) is 0 Å². The molecule has 31 heavy (non-hydrogen) atoms. The topological polar surface area (TPSA) is 113 Å². The van der Waals surface area contributed by atoms with Crippen LogP contribution < -0.4 is 5.26 Å². The number of rotatable bonds is 14. The number of halogens is 2. The van der Waals surface area contributed by atoms with Crippen LogP contribution in [0.15, 0.2) is 0 Å². The minimum absolute atomic E-state index is 0.0876. The van der Waals surface area contributed by atoms with Crippen LogP contribution in [0.3, 0.4) is 0 Å². The second-order valence-corrected chi connectivity index (χ2v) is 9.25. The van der Waals surface area contributed by atoms with E-state index in [-0.39, 0.29) is 44.4 Å². The predicted octanol–water partition coefficient (Wildman–Crippen LogP) is 1.79. The highest BCUT2D eigenvalue weighted by molar-refractivity contribution is 7.96. The summed E-state index contributed by atoms with van der Waals surface area (Å²) in [7, 11) is 0. The van der Waals surface area contributed by atoms with Crippen molar-refractivity contribution in [1.29, 1.82) is 0 Å². The van der Waals surface area contributed by atoms with E-state index in [2.05, 4.69) is 14.1 Å². The molecule has 4 saturated carbocycles. The van der Waals surface area contributed by atoms with Crippen LogP contribution in [0.5, 0.6) is 0 Å². The Morgan fingerprint density at radius 3 is 1.87 bits per heavy atom. The van der Waals surface area contributed by atoms with Crippen molar-refractivity contribution in [3.8, 4) is 0 Å². The first-order valence-electron chi connectivity index (χ1n) is 10.4. The highest BCUT2D eigenvalue weighted by atomic mass is 32.2. The van der Waals surface area contributed by atoms with Crippen LogP contribution >= 0.6 is 12.0 Å². The fourth-order valence-electron chi connectivity index (χ4n) is 5.40. The summed E-state index contributed by atoms with van der Waals surface area (Å²) < 4.78 is 49.8. The Labute approximate surface area is 183 Å². The molecule has 4 aliphatic rings. The molecule has 0 saturated heterocycles. The molecule has 0 unspecified atom stereocenters. The Morgan fingerprint density at radius 1 is 0.871 bits per heavy atom. The first-order chi connectivity index (χ1) is 14.8. The van der Waals surface area contributed by atoms with Gasteiger partial charge in [0.05, 0.1) is 31.8 Å². The third kappa shape index (κ3) is 6.72. The average molecular weight is 469 g/mol. The lowest BCUT2D eigenvalue weighted by Crippen LogP contribution is -2.50. The van der Waals surface area contributed by atoms with Gasteiger partial charge in [-0.3, -0.25) is 9.83 Å². The maximum atomic E-state index is 13.1. The number of ether oxygens (including phenoxy) is 4. The lowest BCUT2D eigenvalue weighted by Gasteiger charge is -2.55. The summed E-state index contributed by atoms with van der Waals surface area (Å²) >= 11 is -0.755. The largest absolute Gasteiger partial charge is 0.691 e. The third-order valence-corrected chi connectivity index (χ3v) is 6.67. The number of hydrogen-bond donors (Lipinski definition) is 0. The quantitative estimate of drug-likeness (QED) is 0.123. The van der Waals surface area contributed by atoms with Crippen molar-refractivity contribution in [3.63, 3.8) is 0 Å². The van der Waals surface area contributed by atoms with E-state index in [0.717, 1.165) is 19.3 Å². The summed E-state index contributed by atoms with van der Waals surface area (Å²) in [4.78, 5) is 23.7. The Balaban J connectivity index is 1.18. The van der Waals surface area contributed by atoms with Crippen molar-refractivity contribution in [2.75, 3.05) is 39.6 Å². The van der Waals surface area contributed by atoms with Crippen LogP contribution in [0.2, 0.25) is 0 Å². The van der Waals surface area contributed by atoms with Crippen LogP contribution in [0.1, 0.15) is 38.5 Å². The summed E-state index contributed by atoms with van der Waals surface area (Å²) in [5.41, 5.74) is -0.279. The van der Waals surface area contributed by atoms with Crippen LogP contribution in [-0.4, -0.2) is 56.8 Å². The Kier molecular flexibility index (Phi) is 8.88. The summed E-state index contributed by atoms with van der Waals surface area (Å²) in [5.74, 6) is 0.0654. The lowest BCUT2D eigenvalue weighted by atomic mass is 9.49. The molecule has 12 heteroatoms. The van der Waals surface area contributed by atoms with E-state index in [1.165, 1.54) is 19.3 Å². The zero-order chi connectivity index (χ0) is 22.3. The van der Waals surface area contributed by atoms with Gasteiger partial charge in [-0.05, 0) is 56.3 Å². The monoisotopic (exact) mass is 469 g/mol. The van der Waals surface area contributed by atoms with Gasteiger partial charge in [-0.1, -0.05) is 0 Å². The fourth-order valence-corrected chi connectivity index (χ4v) is 5.64. The van der Waals surface area contributed by atoms with Gasteiger partial charge >= 0.3 is 17.2 Å². The van der Waals surface area contributed by atoms with E-state index >= 15 is 0 Å². The molecule has 0 heterocycles. The van der Waals surface area contributed by atoms with E-state index in [9.17, 15) is 23.6 Å². The molecule has 4 rings (SSSR count). The van der Waals surface area contributed by atoms with E-state index in [1.54, 1.807) is 0 Å². The second-order valence-electron chi connectivity index (χ2n) is 8.43. The van der Waals surface area contributed by atoms with Gasteiger partial charge in [0.1, 0.15) is 25.3 Å². The van der Waals surface area contributed by atoms with E-state index < -0.39 is 29.9 Å². The normalized spacial score (nSPS) is 29.2. The van der Waals surface area contributed by atoms with Crippen molar-refractivity contribution in [2.45, 2.75) is 43.8 Å². The zero-order valence-corrected chi connectivity index (χ0v) is 17.9. The number of esters is 2. The van der Waals surface area contributed by atoms with E-state index in [4.69, 9.17) is 14.2 Å². The molecule has 0 spiro atoms. The number of alkyl halides is 2. The van der Waals surface area contributed by atoms with Crippen LogP contribution in [0, 0.1) is 23.2 Å². The molecule has 4 aliphatic carbocycles. The van der Waals surface area contributed by atoms with Gasteiger partial charge in [0.2, 0.25) is 0 Å². The Morgan fingerprint density at radius 2 is 1.35 bits per heavy atom. The zero-order valence-electron chi connectivity index (χ0n) is 17.1. The molecule has 4 bridgehead atoms. The maximum Gasteiger partial charge on any atom is 0.415 e. The molecule has 0 N–H and O–H groups in total. The lowest BCUT2D eigenvalue weighted by molar-refractivity contribution is -0.777. The minimum atomic E-state index is -4.07. The number of hydrogen-bond acceptors (Lipinski definition) is 10. The number of carbonyl (C=O) groups excluding carboxylic acids is 2. The summed E-state index contributed by atoms with van der Waals surface area (Å²) in [6.45, 7) is 0.260. The van der Waals surface area contributed by atoms with E-state index in [1.807, 2.05) is 0 Å². The van der Waals surface area contributed by atoms with Gasteiger partial charge in [-0.15, -0.1) is 0 Å². The smallest absolute Gasteiger partial charge is 0.415 e. The minimum Gasteiger partial charge on any atom is -0.691 e. The van der Waals surface area contributed by atoms with Gasteiger partial charge in [-0.25, -0.2) is 4.79 Å². The highest BCUT2D eigenvalue weighted by Crippen LogP contribution is 2.60. The molecule has 178 valence electrons. The van der Waals surface area contributed by atoms with Crippen LogP contribution in [-0.2, 0) is 37.9 Å². The third-order valence-electron chi connectivity index (χ3n) is 6.17. The van der Waals surface area contributed by atoms with Gasteiger partial charge in [0, 0.05) is 0 Å². The molecule has 0 aromatic carbocycles. The molecule has 0 aromatic rings. The highest BCUT2D eigenvalue weighted by Gasteiger charge is 2.55. The Bertz CT molecular complexity index is 584. The van der Waals surface area contributed by atoms with Crippen molar-refractivity contribution < 1.29 is 51.9 Å². The average Bonchev–Trinajstić information content (AvgIpc) is 2.72. The van der Waals surface area contributed by atoms with Gasteiger partial charge < -0.3 is 24.2 Å². The van der Waals surface area contributed by atoms with Crippen LogP contribution in [0.4, 0.5) is 8.78 Å². The molecular weight excluding hydrogens is 442 g/mol. The van der Waals surface area contributed by atoms with Crippen molar-refractivity contribution in [3.05, 3.63) is 0 Å². The summed E-state index contributed by atoms with van der Waals surface area (Å²) in [6.07, 6.45) is 6.67. The number of carbonyl (C=O) groups is 2. The molecule has 0 radical (unpaired) electrons. The Hall–Kier alpha value is -1.05. The molecule has 0 aromatic heterocycles. The first kappa shape index (κ1) is 24.6. The van der Waals surface area contributed by atoms with Crippen LogP contribution in [0.25, 0.3) is 0 Å². The summed E-state index contributed by atoms with van der Waals surface area (Å²) in [6, 6.07) is 0. The molecule has 0 atom stereocenters. The SMILES string of the molecule is O=C(OCCOCCOCCOC(=O)C(F)(F)SOO[O-])C12CC3CC(CC(C3)C1)C2. The van der Waals surface area contributed by atoms with Crippen molar-refractivity contribution >= 4 is 24.0 Å². The second kappa shape index (κ2) is 11.2. The van der Waals surface area contributed by atoms with E-state index in [0.29, 0.717) is 17.8 Å². The van der Waals surface area contributed by atoms with Gasteiger partial charge in [-0.2, -0.15) is 13.1 Å². The van der Waals surface area contributed by atoms with Gasteiger partial charge in [0.15, 0.2) is 0 Å². The van der Waals surface area contributed by atoms with Crippen molar-refractivity contribution in [2.24, 2.45) is 23.2 Å². The first-order valence-corrected chi connectivity index (χ1v) is 11.1. The molecular formula is C19H27F2O9S-. The summed E-state index contributed by atoms with van der Waals surface area (Å²) in [5, 5.41) is 8.19. The molecule has 0 amide bonds.